The van der Waals surface area contributed by atoms with Crippen molar-refractivity contribution in [2.45, 2.75) is 32.2 Å². The van der Waals surface area contributed by atoms with Gasteiger partial charge >= 0.3 is 12.0 Å². The summed E-state index contributed by atoms with van der Waals surface area (Å²) in [6.45, 7) is 6.20. The number of amides is 2. The Morgan fingerprint density at radius 3 is 2.75 bits per heavy atom. The molecule has 2 N–H and O–H groups in total. The molecule has 24 heavy (non-hydrogen) atoms. The average Bonchev–Trinajstić information content (AvgIpc) is 2.50. The monoisotopic (exact) mass is 370 g/mol. The maximum Gasteiger partial charge on any atom is 0.319 e. The molecule has 2 rings (SSSR count). The van der Waals surface area contributed by atoms with Crippen molar-refractivity contribution in [3.05, 3.63) is 46.1 Å². The highest BCUT2D eigenvalue weighted by molar-refractivity contribution is 6.35. The fourth-order valence-corrected chi connectivity index (χ4v) is 3.12. The Hall–Kier alpha value is -1.72. The Morgan fingerprint density at radius 2 is 2.08 bits per heavy atom. The molecule has 1 saturated heterocycles. The van der Waals surface area contributed by atoms with Gasteiger partial charge in [0, 0.05) is 15.7 Å². The smallest absolute Gasteiger partial charge is 0.319 e. The van der Waals surface area contributed by atoms with Gasteiger partial charge in [0.25, 0.3) is 0 Å². The summed E-state index contributed by atoms with van der Waals surface area (Å²) in [6.07, 6.45) is 2.82. The number of ether oxygens (including phenoxy) is 1. The molecule has 1 aromatic rings. The lowest BCUT2D eigenvalue weighted by Crippen LogP contribution is -2.51. The molecule has 1 aliphatic heterocycles. The van der Waals surface area contributed by atoms with Crippen molar-refractivity contribution in [3.8, 4) is 0 Å². The molecule has 2 amide bonds. The lowest BCUT2D eigenvalue weighted by atomic mass is 9.89. The molecule has 5 nitrogen and oxygen atoms in total. The topological polar surface area (TPSA) is 67.4 Å². The van der Waals surface area contributed by atoms with E-state index >= 15 is 0 Å². The van der Waals surface area contributed by atoms with Gasteiger partial charge < -0.3 is 15.4 Å². The molecule has 1 aliphatic rings. The number of esters is 1. The number of unbranched alkanes of at least 4 members (excludes halogenated alkanes) is 2. The van der Waals surface area contributed by atoms with Crippen molar-refractivity contribution in [2.24, 2.45) is 5.92 Å². The molecule has 1 heterocycles. The van der Waals surface area contributed by atoms with Crippen LogP contribution in [0.25, 0.3) is 0 Å². The van der Waals surface area contributed by atoms with Gasteiger partial charge in [-0.1, -0.05) is 55.6 Å². The molecule has 0 saturated carbocycles. The molecule has 2 atom stereocenters. The van der Waals surface area contributed by atoms with Gasteiger partial charge in [0.15, 0.2) is 0 Å². The van der Waals surface area contributed by atoms with Crippen LogP contribution >= 0.6 is 23.2 Å². The van der Waals surface area contributed by atoms with Gasteiger partial charge in [0.05, 0.1) is 12.6 Å². The number of hydrogen-bond acceptors (Lipinski definition) is 3. The fourth-order valence-electron chi connectivity index (χ4n) is 2.59. The number of carbonyl (C=O) groups is 2. The molecular weight excluding hydrogens is 351 g/mol. The summed E-state index contributed by atoms with van der Waals surface area (Å²) < 4.78 is 5.34. The van der Waals surface area contributed by atoms with E-state index in [1.165, 1.54) is 0 Å². The average molecular weight is 371 g/mol. The second-order valence-corrected chi connectivity index (χ2v) is 6.46. The van der Waals surface area contributed by atoms with Crippen molar-refractivity contribution >= 4 is 35.2 Å². The minimum Gasteiger partial charge on any atom is -0.465 e. The zero-order valence-corrected chi connectivity index (χ0v) is 14.9. The number of rotatable bonds is 6. The van der Waals surface area contributed by atoms with Crippen LogP contribution in [0.3, 0.4) is 0 Å². The van der Waals surface area contributed by atoms with Crippen LogP contribution < -0.4 is 10.6 Å². The lowest BCUT2D eigenvalue weighted by Gasteiger charge is -2.33. The zero-order chi connectivity index (χ0) is 17.7. The van der Waals surface area contributed by atoms with Gasteiger partial charge in [0.2, 0.25) is 0 Å². The molecular formula is C17H20Cl2N2O3. The van der Waals surface area contributed by atoms with E-state index in [4.69, 9.17) is 27.9 Å². The predicted molar refractivity (Wildman–Crippen MR) is 94.0 cm³/mol. The van der Waals surface area contributed by atoms with E-state index in [1.54, 1.807) is 18.2 Å². The number of hydrogen-bond donors (Lipinski definition) is 2. The van der Waals surface area contributed by atoms with Crippen LogP contribution in [0.4, 0.5) is 4.79 Å². The maximum atomic E-state index is 12.5. The summed E-state index contributed by atoms with van der Waals surface area (Å²) in [7, 11) is 0. The third-order valence-electron chi connectivity index (χ3n) is 3.81. The van der Waals surface area contributed by atoms with E-state index < -0.39 is 24.0 Å². The molecule has 0 bridgehead atoms. The molecule has 0 aromatic heterocycles. The van der Waals surface area contributed by atoms with Crippen molar-refractivity contribution in [3.63, 3.8) is 0 Å². The number of carbonyl (C=O) groups excluding carboxylic acids is 2. The summed E-state index contributed by atoms with van der Waals surface area (Å²) in [6, 6.07) is 3.81. The standard InChI is InChI=1S/C17H20Cl2N2O3/c1-3-4-5-8-24-16(22)14-10(2)20-17(23)21-15(14)12-7-6-11(18)9-13(12)19/h6-7,9,14-15H,2-5,8H2,1H3,(H2,20,21,23)/t14-,15+/m0/s1. The molecule has 0 spiro atoms. The van der Waals surface area contributed by atoms with Crippen LogP contribution in [-0.2, 0) is 9.53 Å². The van der Waals surface area contributed by atoms with Gasteiger partial charge in [0.1, 0.15) is 5.92 Å². The fraction of sp³-hybridized carbons (Fsp3) is 0.412. The maximum absolute atomic E-state index is 12.5. The second-order valence-electron chi connectivity index (χ2n) is 5.62. The van der Waals surface area contributed by atoms with E-state index in [0.717, 1.165) is 19.3 Å². The molecule has 0 aliphatic carbocycles. The highest BCUT2D eigenvalue weighted by atomic mass is 35.5. The Bertz CT molecular complexity index is 649. The van der Waals surface area contributed by atoms with E-state index in [1.807, 2.05) is 0 Å². The highest BCUT2D eigenvalue weighted by Crippen LogP contribution is 2.35. The van der Waals surface area contributed by atoms with Crippen molar-refractivity contribution in [1.29, 1.82) is 0 Å². The predicted octanol–water partition coefficient (Wildman–Crippen LogP) is 4.21. The molecule has 130 valence electrons. The third kappa shape index (κ3) is 4.42. The van der Waals surface area contributed by atoms with Gasteiger partial charge in [-0.3, -0.25) is 4.79 Å². The Morgan fingerprint density at radius 1 is 1.33 bits per heavy atom. The van der Waals surface area contributed by atoms with Crippen LogP contribution in [0.1, 0.15) is 37.8 Å². The quantitative estimate of drug-likeness (QED) is 0.582. The lowest BCUT2D eigenvalue weighted by molar-refractivity contribution is -0.148. The van der Waals surface area contributed by atoms with E-state index in [0.29, 0.717) is 22.2 Å². The Labute approximate surface area is 151 Å². The largest absolute Gasteiger partial charge is 0.465 e. The molecule has 1 fully saturated rings. The zero-order valence-electron chi connectivity index (χ0n) is 13.4. The van der Waals surface area contributed by atoms with Crippen LogP contribution in [-0.4, -0.2) is 18.6 Å². The molecule has 1 aromatic carbocycles. The first-order chi connectivity index (χ1) is 11.4. The van der Waals surface area contributed by atoms with Crippen molar-refractivity contribution in [1.82, 2.24) is 10.6 Å². The van der Waals surface area contributed by atoms with Gasteiger partial charge in [-0.15, -0.1) is 0 Å². The Kier molecular flexibility index (Phi) is 6.52. The van der Waals surface area contributed by atoms with Gasteiger partial charge in [-0.25, -0.2) is 4.79 Å². The summed E-state index contributed by atoms with van der Waals surface area (Å²) in [5.41, 5.74) is 0.878. The highest BCUT2D eigenvalue weighted by Gasteiger charge is 2.39. The van der Waals surface area contributed by atoms with E-state index in [2.05, 4.69) is 24.1 Å². The number of urea groups is 1. The molecule has 7 heteroatoms. The summed E-state index contributed by atoms with van der Waals surface area (Å²) in [4.78, 5) is 24.3. The third-order valence-corrected chi connectivity index (χ3v) is 4.38. The summed E-state index contributed by atoms with van der Waals surface area (Å²) >= 11 is 12.2. The van der Waals surface area contributed by atoms with E-state index in [9.17, 15) is 9.59 Å². The molecule has 0 unspecified atom stereocenters. The van der Waals surface area contributed by atoms with Crippen LogP contribution in [0, 0.1) is 5.92 Å². The minimum absolute atomic E-state index is 0.287. The summed E-state index contributed by atoms with van der Waals surface area (Å²) in [5.74, 6) is -1.21. The van der Waals surface area contributed by atoms with Crippen molar-refractivity contribution in [2.75, 3.05) is 6.61 Å². The number of nitrogens with one attached hydrogen (secondary N) is 2. The van der Waals surface area contributed by atoms with Gasteiger partial charge in [-0.05, 0) is 24.1 Å². The van der Waals surface area contributed by atoms with Crippen LogP contribution in [0.2, 0.25) is 10.0 Å². The van der Waals surface area contributed by atoms with E-state index in [-0.39, 0.29) is 5.70 Å². The van der Waals surface area contributed by atoms with Gasteiger partial charge in [-0.2, -0.15) is 0 Å². The molecule has 0 radical (unpaired) electrons. The number of benzene rings is 1. The first kappa shape index (κ1) is 18.6. The first-order valence-electron chi connectivity index (χ1n) is 7.82. The van der Waals surface area contributed by atoms with Crippen LogP contribution in [0.15, 0.2) is 30.5 Å². The Balaban J connectivity index is 2.22. The second kappa shape index (κ2) is 8.40. The normalized spacial score (nSPS) is 20.3. The van der Waals surface area contributed by atoms with Crippen LogP contribution in [0.5, 0.6) is 0 Å². The number of halogens is 2. The minimum atomic E-state index is -0.761. The summed E-state index contributed by atoms with van der Waals surface area (Å²) in [5, 5.41) is 6.09. The first-order valence-corrected chi connectivity index (χ1v) is 8.57. The van der Waals surface area contributed by atoms with Crippen molar-refractivity contribution < 1.29 is 14.3 Å². The SMILES string of the molecule is C=C1NC(=O)N[C@H](c2ccc(Cl)cc2Cl)[C@H]1C(=O)OCCCCC.